The van der Waals surface area contributed by atoms with Crippen molar-refractivity contribution in [1.82, 2.24) is 9.80 Å². The van der Waals surface area contributed by atoms with Gasteiger partial charge in [-0.3, -0.25) is 29.4 Å². The zero-order chi connectivity index (χ0) is 26.5. The number of rotatable bonds is 8. The second-order valence-corrected chi connectivity index (χ2v) is 9.41. The van der Waals surface area contributed by atoms with E-state index in [1.165, 1.54) is 25.3 Å². The van der Waals surface area contributed by atoms with Crippen LogP contribution in [0.5, 0.6) is 11.5 Å². The van der Waals surface area contributed by atoms with Crippen molar-refractivity contribution in [2.75, 3.05) is 40.0 Å². The van der Waals surface area contributed by atoms with Crippen molar-refractivity contribution in [3.05, 3.63) is 67.6 Å². The number of benzene rings is 2. The van der Waals surface area contributed by atoms with Crippen LogP contribution >= 0.6 is 23.4 Å². The summed E-state index contributed by atoms with van der Waals surface area (Å²) in [6.45, 7) is 1.43. The Morgan fingerprint density at radius 1 is 1.22 bits per heavy atom. The molecule has 2 aliphatic rings. The van der Waals surface area contributed by atoms with Gasteiger partial charge >= 0.3 is 0 Å². The minimum absolute atomic E-state index is 0.0291. The number of halogens is 1. The van der Waals surface area contributed by atoms with Crippen LogP contribution in [0.15, 0.2) is 41.3 Å². The highest BCUT2D eigenvalue weighted by Crippen LogP contribution is 2.39. The highest BCUT2D eigenvalue weighted by atomic mass is 35.5. The van der Waals surface area contributed by atoms with Gasteiger partial charge in [-0.1, -0.05) is 11.6 Å². The van der Waals surface area contributed by atoms with Crippen LogP contribution in [0.3, 0.4) is 0 Å². The fraction of sp³-hybridized carbons (Fsp3) is 0.292. The molecule has 0 unspecified atom stereocenters. The SMILES string of the molecule is COc1cc(/C=C2/SC(=O)N(CC(=O)N3CCOCC3)C2=O)cc(Cl)c1OCc1ccc([N+](=O)[O-])cc1. The Kier molecular flexibility index (Phi) is 8.31. The van der Waals surface area contributed by atoms with Gasteiger partial charge < -0.3 is 19.1 Å². The summed E-state index contributed by atoms with van der Waals surface area (Å²) in [6.07, 6.45) is 1.50. The third-order valence-electron chi connectivity index (χ3n) is 5.61. The Labute approximate surface area is 221 Å². The number of non-ortho nitro benzene ring substituents is 1. The van der Waals surface area contributed by atoms with Gasteiger partial charge in [-0.25, -0.2) is 0 Å². The quantitative estimate of drug-likeness (QED) is 0.276. The van der Waals surface area contributed by atoms with Gasteiger partial charge in [0.15, 0.2) is 11.5 Å². The molecule has 37 heavy (non-hydrogen) atoms. The zero-order valence-electron chi connectivity index (χ0n) is 19.7. The van der Waals surface area contributed by atoms with Gasteiger partial charge in [0, 0.05) is 25.2 Å². The molecular formula is C24H22ClN3O8S. The van der Waals surface area contributed by atoms with E-state index >= 15 is 0 Å². The number of carbonyl (C=O) groups is 3. The summed E-state index contributed by atoms with van der Waals surface area (Å²) < 4.78 is 16.4. The third-order valence-corrected chi connectivity index (χ3v) is 6.80. The molecule has 2 aromatic rings. The Hall–Kier alpha value is -3.61. The van der Waals surface area contributed by atoms with E-state index in [1.807, 2.05) is 0 Å². The number of ether oxygens (including phenoxy) is 3. The molecule has 194 valence electrons. The second kappa shape index (κ2) is 11.6. The van der Waals surface area contributed by atoms with Crippen LogP contribution in [0.4, 0.5) is 10.5 Å². The molecule has 4 rings (SSSR count). The molecule has 2 fully saturated rings. The van der Waals surface area contributed by atoms with Gasteiger partial charge in [0.05, 0.1) is 35.2 Å². The highest BCUT2D eigenvalue weighted by molar-refractivity contribution is 8.18. The third kappa shape index (κ3) is 6.21. The fourth-order valence-electron chi connectivity index (χ4n) is 3.67. The molecule has 0 bridgehead atoms. The minimum Gasteiger partial charge on any atom is -0.493 e. The molecule has 0 aliphatic carbocycles. The number of nitrogens with zero attached hydrogens (tertiary/aromatic N) is 3. The van der Waals surface area contributed by atoms with Gasteiger partial charge in [-0.2, -0.15) is 0 Å². The van der Waals surface area contributed by atoms with Crippen molar-refractivity contribution < 1.29 is 33.5 Å². The van der Waals surface area contributed by atoms with Crippen molar-refractivity contribution in [3.8, 4) is 11.5 Å². The number of nitro benzene ring substituents is 1. The fourth-order valence-corrected chi connectivity index (χ4v) is 4.78. The normalized spacial score (nSPS) is 16.9. The second-order valence-electron chi connectivity index (χ2n) is 8.01. The first kappa shape index (κ1) is 26.5. The Morgan fingerprint density at radius 2 is 1.92 bits per heavy atom. The molecule has 0 aromatic heterocycles. The Bertz CT molecular complexity index is 1260. The summed E-state index contributed by atoms with van der Waals surface area (Å²) in [5.74, 6) is -0.331. The predicted molar refractivity (Wildman–Crippen MR) is 136 cm³/mol. The molecule has 0 saturated carbocycles. The van der Waals surface area contributed by atoms with Crippen LogP contribution in [-0.4, -0.2) is 71.7 Å². The van der Waals surface area contributed by atoms with Crippen LogP contribution in [0.1, 0.15) is 11.1 Å². The molecule has 2 aromatic carbocycles. The van der Waals surface area contributed by atoms with Crippen LogP contribution in [0.2, 0.25) is 5.02 Å². The maximum absolute atomic E-state index is 12.9. The van der Waals surface area contributed by atoms with Gasteiger partial charge in [0.25, 0.3) is 16.8 Å². The first-order chi connectivity index (χ1) is 17.8. The predicted octanol–water partition coefficient (Wildman–Crippen LogP) is 3.73. The number of methoxy groups -OCH3 is 1. The molecule has 3 amide bonds. The van der Waals surface area contributed by atoms with E-state index < -0.39 is 16.1 Å². The molecule has 2 heterocycles. The van der Waals surface area contributed by atoms with E-state index in [2.05, 4.69) is 0 Å². The van der Waals surface area contributed by atoms with Crippen molar-refractivity contribution in [3.63, 3.8) is 0 Å². The van der Waals surface area contributed by atoms with Crippen molar-refractivity contribution >= 4 is 52.2 Å². The number of imide groups is 1. The largest absolute Gasteiger partial charge is 0.493 e. The molecule has 0 atom stereocenters. The maximum Gasteiger partial charge on any atom is 0.294 e. The van der Waals surface area contributed by atoms with Crippen molar-refractivity contribution in [2.24, 2.45) is 0 Å². The van der Waals surface area contributed by atoms with Gasteiger partial charge in [0.2, 0.25) is 5.91 Å². The standard InChI is InChI=1S/C24H22ClN3O8S/c1-34-19-11-16(10-18(25)22(19)36-14-15-2-4-17(5-3-15)28(32)33)12-20-23(30)27(24(31)37-20)13-21(29)26-6-8-35-9-7-26/h2-5,10-12H,6-9,13-14H2,1H3/b20-12+. The van der Waals surface area contributed by atoms with Crippen LogP contribution < -0.4 is 9.47 Å². The Morgan fingerprint density at radius 3 is 2.57 bits per heavy atom. The number of hydrogen-bond donors (Lipinski definition) is 0. The summed E-state index contributed by atoms with van der Waals surface area (Å²) in [6, 6.07) is 9.07. The first-order valence-electron chi connectivity index (χ1n) is 11.1. The number of amides is 3. The summed E-state index contributed by atoms with van der Waals surface area (Å²) in [5, 5.41) is 10.5. The number of thioether (sulfide) groups is 1. The number of morpholine rings is 1. The van der Waals surface area contributed by atoms with E-state index in [0.717, 1.165) is 16.7 Å². The zero-order valence-corrected chi connectivity index (χ0v) is 21.3. The van der Waals surface area contributed by atoms with Crippen LogP contribution in [-0.2, 0) is 20.9 Å². The molecule has 11 nitrogen and oxygen atoms in total. The van der Waals surface area contributed by atoms with Crippen LogP contribution in [0, 0.1) is 10.1 Å². The van der Waals surface area contributed by atoms with Crippen LogP contribution in [0.25, 0.3) is 6.08 Å². The van der Waals surface area contributed by atoms with E-state index in [0.29, 0.717) is 43.2 Å². The monoisotopic (exact) mass is 547 g/mol. The molecule has 0 spiro atoms. The average Bonchev–Trinajstić information content (AvgIpc) is 3.15. The lowest BCUT2D eigenvalue weighted by Gasteiger charge is -2.28. The topological polar surface area (TPSA) is 129 Å². The lowest BCUT2D eigenvalue weighted by molar-refractivity contribution is -0.384. The molecule has 2 aliphatic heterocycles. The lowest BCUT2D eigenvalue weighted by Crippen LogP contribution is -2.46. The maximum atomic E-state index is 12.9. The smallest absolute Gasteiger partial charge is 0.294 e. The first-order valence-corrected chi connectivity index (χ1v) is 12.3. The number of hydrogen-bond acceptors (Lipinski definition) is 9. The van der Waals surface area contributed by atoms with E-state index in [9.17, 15) is 24.5 Å². The van der Waals surface area contributed by atoms with E-state index in [1.54, 1.807) is 29.2 Å². The van der Waals surface area contributed by atoms with Crippen molar-refractivity contribution in [2.45, 2.75) is 6.61 Å². The van der Waals surface area contributed by atoms with E-state index in [4.69, 9.17) is 25.8 Å². The molecule has 13 heteroatoms. The molecule has 2 saturated heterocycles. The summed E-state index contributed by atoms with van der Waals surface area (Å²) in [5.41, 5.74) is 1.15. The van der Waals surface area contributed by atoms with Crippen molar-refractivity contribution in [1.29, 1.82) is 0 Å². The highest BCUT2D eigenvalue weighted by Gasteiger charge is 2.37. The van der Waals surface area contributed by atoms with Gasteiger partial charge in [0.1, 0.15) is 13.2 Å². The van der Waals surface area contributed by atoms with Gasteiger partial charge in [-0.05, 0) is 53.2 Å². The summed E-state index contributed by atoms with van der Waals surface area (Å²) in [4.78, 5) is 50.8. The average molecular weight is 548 g/mol. The van der Waals surface area contributed by atoms with E-state index in [-0.39, 0.29) is 40.4 Å². The summed E-state index contributed by atoms with van der Waals surface area (Å²) >= 11 is 7.17. The molecule has 0 radical (unpaired) electrons. The lowest BCUT2D eigenvalue weighted by atomic mass is 10.1. The Balaban J connectivity index is 1.46. The molecule has 0 N–H and O–H groups in total. The van der Waals surface area contributed by atoms with Gasteiger partial charge in [-0.15, -0.1) is 0 Å². The number of carbonyl (C=O) groups excluding carboxylic acids is 3. The number of nitro groups is 1. The molecular weight excluding hydrogens is 526 g/mol. The summed E-state index contributed by atoms with van der Waals surface area (Å²) in [7, 11) is 1.43. The minimum atomic E-state index is -0.565.